The number of urea groups is 1. The van der Waals surface area contributed by atoms with Gasteiger partial charge in [0.05, 0.1) is 18.3 Å². The van der Waals surface area contributed by atoms with E-state index < -0.39 is 0 Å². The summed E-state index contributed by atoms with van der Waals surface area (Å²) in [6.45, 7) is 4.74. The van der Waals surface area contributed by atoms with Crippen LogP contribution in [0.15, 0.2) is 66.9 Å². The lowest BCUT2D eigenvalue weighted by atomic mass is 9.95. The third-order valence-corrected chi connectivity index (χ3v) is 8.51. The number of anilines is 1. The molecular formula is C29H29N3OS. The monoisotopic (exact) mass is 467 g/mol. The van der Waals surface area contributed by atoms with Crippen LogP contribution in [0.4, 0.5) is 10.5 Å². The predicted octanol–water partition coefficient (Wildman–Crippen LogP) is 7.17. The quantitative estimate of drug-likeness (QED) is 0.333. The van der Waals surface area contributed by atoms with Crippen LogP contribution in [-0.4, -0.2) is 15.5 Å². The van der Waals surface area contributed by atoms with Crippen molar-refractivity contribution in [3.63, 3.8) is 0 Å². The SMILES string of the molecule is Cc1ccc(NC(=O)N2Cc3c(sc4c3CCCC4)-n3cccc3[C@H]2c2ccccc2)c(C)c1. The summed E-state index contributed by atoms with van der Waals surface area (Å²) in [5, 5.41) is 4.53. The molecule has 2 amide bonds. The van der Waals surface area contributed by atoms with Gasteiger partial charge in [0.15, 0.2) is 0 Å². The molecule has 6 rings (SSSR count). The number of carbonyl (C=O) groups excluding carboxylic acids is 1. The normalized spacial score (nSPS) is 16.9. The van der Waals surface area contributed by atoms with Crippen molar-refractivity contribution in [2.75, 3.05) is 5.32 Å². The van der Waals surface area contributed by atoms with Crippen LogP contribution in [0.5, 0.6) is 0 Å². The lowest BCUT2D eigenvalue weighted by Gasteiger charge is -2.31. The van der Waals surface area contributed by atoms with Crippen molar-refractivity contribution in [1.29, 1.82) is 0 Å². The molecule has 1 N–H and O–H groups in total. The number of fused-ring (bicyclic) bond motifs is 5. The first kappa shape index (κ1) is 21.2. The van der Waals surface area contributed by atoms with Crippen molar-refractivity contribution in [2.45, 2.75) is 52.1 Å². The van der Waals surface area contributed by atoms with E-state index in [1.807, 2.05) is 28.4 Å². The van der Waals surface area contributed by atoms with Crippen LogP contribution in [0.25, 0.3) is 5.00 Å². The van der Waals surface area contributed by atoms with Crippen LogP contribution in [-0.2, 0) is 19.4 Å². The van der Waals surface area contributed by atoms with E-state index >= 15 is 0 Å². The van der Waals surface area contributed by atoms with Gasteiger partial charge in [-0.05, 0) is 74.4 Å². The zero-order chi connectivity index (χ0) is 23.2. The highest BCUT2D eigenvalue weighted by Crippen LogP contribution is 2.44. The summed E-state index contributed by atoms with van der Waals surface area (Å²) in [6, 6.07) is 20.7. The Balaban J connectivity index is 1.49. The average molecular weight is 468 g/mol. The van der Waals surface area contributed by atoms with Gasteiger partial charge in [0.25, 0.3) is 0 Å². The Morgan fingerprint density at radius 3 is 2.62 bits per heavy atom. The Morgan fingerprint density at radius 1 is 0.971 bits per heavy atom. The van der Waals surface area contributed by atoms with Gasteiger partial charge < -0.3 is 14.8 Å². The number of aryl methyl sites for hydroxylation is 3. The molecule has 0 fully saturated rings. The van der Waals surface area contributed by atoms with Gasteiger partial charge in [-0.3, -0.25) is 0 Å². The number of nitrogens with one attached hydrogen (secondary N) is 1. The zero-order valence-corrected chi connectivity index (χ0v) is 20.5. The molecule has 3 heterocycles. The van der Waals surface area contributed by atoms with Crippen molar-refractivity contribution < 1.29 is 4.79 Å². The summed E-state index contributed by atoms with van der Waals surface area (Å²) >= 11 is 1.92. The molecule has 1 aliphatic heterocycles. The van der Waals surface area contributed by atoms with Crippen LogP contribution in [0, 0.1) is 13.8 Å². The molecule has 0 bridgehead atoms. The highest BCUT2D eigenvalue weighted by atomic mass is 32.1. The Kier molecular flexibility index (Phi) is 5.30. The molecule has 0 radical (unpaired) electrons. The Bertz CT molecular complexity index is 1370. The van der Waals surface area contributed by atoms with Gasteiger partial charge in [-0.1, -0.05) is 48.0 Å². The van der Waals surface area contributed by atoms with E-state index in [2.05, 4.69) is 78.5 Å². The van der Waals surface area contributed by atoms with Gasteiger partial charge in [0.2, 0.25) is 0 Å². The first-order chi connectivity index (χ1) is 16.6. The van der Waals surface area contributed by atoms with E-state index in [-0.39, 0.29) is 12.1 Å². The molecule has 2 aliphatic rings. The smallest absolute Gasteiger partial charge is 0.310 e. The van der Waals surface area contributed by atoms with E-state index in [9.17, 15) is 4.79 Å². The van der Waals surface area contributed by atoms with Crippen LogP contribution in [0.1, 0.15) is 57.3 Å². The minimum atomic E-state index is -0.166. The first-order valence-corrected chi connectivity index (χ1v) is 12.9. The summed E-state index contributed by atoms with van der Waals surface area (Å²) < 4.78 is 2.33. The van der Waals surface area contributed by atoms with Crippen molar-refractivity contribution in [1.82, 2.24) is 9.47 Å². The number of amides is 2. The van der Waals surface area contributed by atoms with Gasteiger partial charge in [-0.2, -0.15) is 0 Å². The molecule has 0 saturated heterocycles. The molecule has 2 aromatic carbocycles. The fourth-order valence-electron chi connectivity index (χ4n) is 5.51. The van der Waals surface area contributed by atoms with Crippen molar-refractivity contribution in [3.8, 4) is 5.00 Å². The molecule has 4 nitrogen and oxygen atoms in total. The largest absolute Gasteiger partial charge is 0.322 e. The molecule has 0 spiro atoms. The Hall–Kier alpha value is -3.31. The van der Waals surface area contributed by atoms with E-state index in [4.69, 9.17) is 0 Å². The summed E-state index contributed by atoms with van der Waals surface area (Å²) in [7, 11) is 0. The predicted molar refractivity (Wildman–Crippen MR) is 139 cm³/mol. The summed E-state index contributed by atoms with van der Waals surface area (Å²) in [5.74, 6) is 0. The van der Waals surface area contributed by atoms with Gasteiger partial charge in [-0.25, -0.2) is 4.79 Å². The minimum Gasteiger partial charge on any atom is -0.310 e. The molecule has 2 aromatic heterocycles. The van der Waals surface area contributed by atoms with Gasteiger partial charge in [-0.15, -0.1) is 11.3 Å². The number of aromatic nitrogens is 1. The number of carbonyl (C=O) groups is 1. The molecule has 4 aromatic rings. The van der Waals surface area contributed by atoms with Crippen molar-refractivity contribution in [2.24, 2.45) is 0 Å². The Morgan fingerprint density at radius 2 is 1.79 bits per heavy atom. The standard InChI is InChI=1S/C29H29N3OS/c1-19-14-15-24(20(2)17-19)30-29(33)32-18-23-22-11-6-7-13-26(22)34-28(23)31-16-8-12-25(31)27(32)21-9-4-3-5-10-21/h3-5,8-10,12,14-17,27H,6-7,11,13,18H2,1-2H3,(H,30,33)/t27-/m1/s1. The maximum Gasteiger partial charge on any atom is 0.322 e. The summed E-state index contributed by atoms with van der Waals surface area (Å²) in [6.07, 6.45) is 6.92. The number of hydrogen-bond acceptors (Lipinski definition) is 2. The number of nitrogens with zero attached hydrogens (tertiary/aromatic N) is 2. The molecule has 1 aliphatic carbocycles. The summed E-state index contributed by atoms with van der Waals surface area (Å²) in [5.41, 5.74) is 8.21. The molecular weight excluding hydrogens is 438 g/mol. The van der Waals surface area contributed by atoms with Crippen LogP contribution < -0.4 is 5.32 Å². The maximum atomic E-state index is 14.0. The second kappa shape index (κ2) is 8.48. The van der Waals surface area contributed by atoms with Crippen LogP contribution >= 0.6 is 11.3 Å². The molecule has 1 atom stereocenters. The highest BCUT2D eigenvalue weighted by Gasteiger charge is 2.36. The zero-order valence-electron chi connectivity index (χ0n) is 19.7. The molecule has 0 unspecified atom stereocenters. The van der Waals surface area contributed by atoms with E-state index in [0.29, 0.717) is 6.54 Å². The second-order valence-electron chi connectivity index (χ2n) is 9.49. The van der Waals surface area contributed by atoms with Crippen LogP contribution in [0.2, 0.25) is 0 Å². The molecule has 5 heteroatoms. The summed E-state index contributed by atoms with van der Waals surface area (Å²) in [4.78, 5) is 17.5. The maximum absolute atomic E-state index is 14.0. The Labute approximate surface area is 204 Å². The topological polar surface area (TPSA) is 37.3 Å². The molecule has 34 heavy (non-hydrogen) atoms. The van der Waals surface area contributed by atoms with Crippen molar-refractivity contribution >= 4 is 23.1 Å². The average Bonchev–Trinajstić information content (AvgIpc) is 3.43. The lowest BCUT2D eigenvalue weighted by Crippen LogP contribution is -2.38. The van der Waals surface area contributed by atoms with Crippen molar-refractivity contribution in [3.05, 3.63) is 105 Å². The molecule has 172 valence electrons. The van der Waals surface area contributed by atoms with Crippen LogP contribution in [0.3, 0.4) is 0 Å². The fraction of sp³-hybridized carbons (Fsp3) is 0.276. The highest BCUT2D eigenvalue weighted by molar-refractivity contribution is 7.15. The fourth-order valence-corrected chi connectivity index (χ4v) is 6.92. The second-order valence-corrected chi connectivity index (χ2v) is 10.6. The number of thiophene rings is 1. The first-order valence-electron chi connectivity index (χ1n) is 12.1. The third kappa shape index (κ3) is 3.55. The lowest BCUT2D eigenvalue weighted by molar-refractivity contribution is 0.194. The van der Waals surface area contributed by atoms with Gasteiger partial charge >= 0.3 is 6.03 Å². The third-order valence-electron chi connectivity index (χ3n) is 7.18. The minimum absolute atomic E-state index is 0.0582. The van der Waals surface area contributed by atoms with Gasteiger partial charge in [0.1, 0.15) is 5.00 Å². The van der Waals surface area contributed by atoms with E-state index in [0.717, 1.165) is 35.3 Å². The number of benzene rings is 2. The number of hydrogen-bond donors (Lipinski definition) is 1. The van der Waals surface area contributed by atoms with E-state index in [1.165, 1.54) is 39.4 Å². The number of rotatable bonds is 2. The van der Waals surface area contributed by atoms with E-state index in [1.54, 1.807) is 0 Å². The van der Waals surface area contributed by atoms with Gasteiger partial charge in [0, 0.05) is 22.3 Å². The molecule has 0 saturated carbocycles.